The molecule has 0 saturated carbocycles. The summed E-state index contributed by atoms with van der Waals surface area (Å²) in [7, 11) is 1.58. The number of nitrogens with one attached hydrogen (secondary N) is 1. The Morgan fingerprint density at radius 3 is 2.43 bits per heavy atom. The molecule has 0 bridgehead atoms. The number of aryl methyl sites for hydroxylation is 1. The Balaban J connectivity index is 1.53. The molecule has 9 nitrogen and oxygen atoms in total. The lowest BCUT2D eigenvalue weighted by Crippen LogP contribution is -2.34. The molecule has 9 heteroatoms. The van der Waals surface area contributed by atoms with Crippen molar-refractivity contribution in [2.75, 3.05) is 7.11 Å². The van der Waals surface area contributed by atoms with Crippen molar-refractivity contribution >= 4 is 16.8 Å². The highest BCUT2D eigenvalue weighted by Gasteiger charge is 2.22. The zero-order chi connectivity index (χ0) is 24.4. The summed E-state index contributed by atoms with van der Waals surface area (Å²) in [5.41, 5.74) is 2.32. The maximum absolute atomic E-state index is 13.6. The van der Waals surface area contributed by atoms with Gasteiger partial charge >= 0.3 is 0 Å². The third-order valence-electron chi connectivity index (χ3n) is 5.73. The van der Waals surface area contributed by atoms with Crippen LogP contribution in [0.25, 0.3) is 22.4 Å². The van der Waals surface area contributed by atoms with Crippen molar-refractivity contribution in [2.45, 2.75) is 20.0 Å². The predicted octanol–water partition coefficient (Wildman–Crippen LogP) is 3.01. The zero-order valence-corrected chi connectivity index (χ0v) is 19.4. The second-order valence-electron chi connectivity index (χ2n) is 8.02. The molecule has 0 radical (unpaired) electrons. The van der Waals surface area contributed by atoms with Crippen molar-refractivity contribution in [3.63, 3.8) is 0 Å². The topological polar surface area (TPSA) is 96.0 Å². The van der Waals surface area contributed by atoms with Crippen LogP contribution < -0.4 is 15.6 Å². The molecule has 3 aromatic heterocycles. The molecule has 1 N–H and O–H groups in total. The summed E-state index contributed by atoms with van der Waals surface area (Å²) >= 11 is 0. The van der Waals surface area contributed by atoms with E-state index in [1.165, 1.54) is 4.68 Å². The largest absolute Gasteiger partial charge is 0.496 e. The number of nitrogens with zero attached hydrogens (tertiary/aromatic N) is 5. The van der Waals surface area contributed by atoms with E-state index in [4.69, 9.17) is 9.84 Å². The van der Waals surface area contributed by atoms with E-state index in [0.717, 1.165) is 11.3 Å². The van der Waals surface area contributed by atoms with Crippen LogP contribution in [0, 0.1) is 6.92 Å². The summed E-state index contributed by atoms with van der Waals surface area (Å²) in [5, 5.41) is 12.4. The molecule has 1 amide bonds. The average Bonchev–Trinajstić information content (AvgIpc) is 3.55. The molecule has 0 aliphatic carbocycles. The van der Waals surface area contributed by atoms with Crippen LogP contribution in [0.5, 0.6) is 5.75 Å². The molecule has 176 valence electrons. The lowest BCUT2D eigenvalue weighted by molar-refractivity contribution is -0.122. The van der Waals surface area contributed by atoms with Crippen LogP contribution in [-0.2, 0) is 17.9 Å². The number of carbonyl (C=O) groups excluding carboxylic acids is 1. The van der Waals surface area contributed by atoms with Gasteiger partial charge in [0.05, 0.1) is 18.5 Å². The summed E-state index contributed by atoms with van der Waals surface area (Å²) in [5.74, 6) is 0.946. The Bertz CT molecular complexity index is 1550. The first-order valence-corrected chi connectivity index (χ1v) is 11.1. The van der Waals surface area contributed by atoms with Crippen molar-refractivity contribution in [1.82, 2.24) is 29.4 Å². The summed E-state index contributed by atoms with van der Waals surface area (Å²) in [6.45, 7) is 1.85. The van der Waals surface area contributed by atoms with Gasteiger partial charge < -0.3 is 14.6 Å². The molecule has 35 heavy (non-hydrogen) atoms. The van der Waals surface area contributed by atoms with E-state index in [9.17, 15) is 9.59 Å². The van der Waals surface area contributed by atoms with E-state index < -0.39 is 0 Å². The van der Waals surface area contributed by atoms with Gasteiger partial charge in [-0.25, -0.2) is 9.36 Å². The Kier molecular flexibility index (Phi) is 5.88. The fourth-order valence-corrected chi connectivity index (χ4v) is 4.07. The molecule has 0 spiro atoms. The molecule has 0 atom stereocenters. The Labute approximate surface area is 201 Å². The van der Waals surface area contributed by atoms with Crippen molar-refractivity contribution in [3.05, 3.63) is 101 Å². The van der Waals surface area contributed by atoms with Crippen molar-refractivity contribution in [2.24, 2.45) is 0 Å². The quantitative estimate of drug-likeness (QED) is 0.396. The molecule has 0 unspecified atom stereocenters. The number of amides is 1. The van der Waals surface area contributed by atoms with Gasteiger partial charge in [0.2, 0.25) is 5.91 Å². The summed E-state index contributed by atoms with van der Waals surface area (Å²) in [6, 6.07) is 20.8. The summed E-state index contributed by atoms with van der Waals surface area (Å²) in [6.07, 6.45) is 3.71. The van der Waals surface area contributed by atoms with E-state index in [2.05, 4.69) is 10.4 Å². The van der Waals surface area contributed by atoms with Crippen LogP contribution >= 0.6 is 0 Å². The lowest BCUT2D eigenvalue weighted by atomic mass is 10.2. The van der Waals surface area contributed by atoms with Gasteiger partial charge in [-0.2, -0.15) is 10.2 Å². The molecule has 5 rings (SSSR count). The number of rotatable bonds is 7. The van der Waals surface area contributed by atoms with Gasteiger partial charge in [0, 0.05) is 24.5 Å². The summed E-state index contributed by atoms with van der Waals surface area (Å²) < 4.78 is 10.1. The van der Waals surface area contributed by atoms with Gasteiger partial charge in [-0.1, -0.05) is 36.4 Å². The van der Waals surface area contributed by atoms with Crippen LogP contribution in [0.1, 0.15) is 11.3 Å². The van der Waals surface area contributed by atoms with E-state index in [1.54, 1.807) is 18.7 Å². The SMILES string of the molecule is COc1ccccc1CNC(=O)Cn1nc(C)c2nn(-c3ccccc3)c(-n3cccc3)c2c1=O. The van der Waals surface area contributed by atoms with Gasteiger partial charge in [-0.05, 0) is 37.3 Å². The molecule has 5 aromatic rings. The van der Waals surface area contributed by atoms with Crippen molar-refractivity contribution in [3.8, 4) is 17.3 Å². The molecule has 0 saturated heterocycles. The minimum absolute atomic E-state index is 0.216. The normalized spacial score (nSPS) is 11.0. The number of aromatic nitrogens is 5. The van der Waals surface area contributed by atoms with Gasteiger partial charge in [-0.3, -0.25) is 9.59 Å². The third-order valence-corrected chi connectivity index (χ3v) is 5.73. The number of fused-ring (bicyclic) bond motifs is 1. The van der Waals surface area contributed by atoms with Crippen LogP contribution in [0.15, 0.2) is 83.9 Å². The fourth-order valence-electron chi connectivity index (χ4n) is 4.07. The minimum Gasteiger partial charge on any atom is -0.496 e. The number of hydrogen-bond acceptors (Lipinski definition) is 5. The van der Waals surface area contributed by atoms with Crippen LogP contribution in [0.2, 0.25) is 0 Å². The number of carbonyl (C=O) groups is 1. The highest BCUT2D eigenvalue weighted by molar-refractivity contribution is 5.88. The number of hydrogen-bond donors (Lipinski definition) is 1. The third kappa shape index (κ3) is 4.19. The fraction of sp³-hybridized carbons (Fsp3) is 0.154. The number of para-hydroxylation sites is 2. The highest BCUT2D eigenvalue weighted by atomic mass is 16.5. The monoisotopic (exact) mass is 468 g/mol. The molecule has 0 aliphatic rings. The van der Waals surface area contributed by atoms with Crippen LogP contribution in [-0.4, -0.2) is 37.1 Å². The van der Waals surface area contributed by atoms with Gasteiger partial charge in [0.25, 0.3) is 5.56 Å². The number of methoxy groups -OCH3 is 1. The van der Waals surface area contributed by atoms with Gasteiger partial charge in [0.1, 0.15) is 23.2 Å². The summed E-state index contributed by atoms with van der Waals surface area (Å²) in [4.78, 5) is 26.3. The highest BCUT2D eigenvalue weighted by Crippen LogP contribution is 2.24. The predicted molar refractivity (Wildman–Crippen MR) is 132 cm³/mol. The molecule has 3 heterocycles. The Hall–Kier alpha value is -4.66. The average molecular weight is 469 g/mol. The molecule has 0 fully saturated rings. The van der Waals surface area contributed by atoms with E-state index in [1.807, 2.05) is 83.7 Å². The second kappa shape index (κ2) is 9.30. The van der Waals surface area contributed by atoms with Gasteiger partial charge in [0.15, 0.2) is 5.82 Å². The maximum atomic E-state index is 13.6. The van der Waals surface area contributed by atoms with Gasteiger partial charge in [-0.15, -0.1) is 0 Å². The first-order valence-electron chi connectivity index (χ1n) is 11.1. The zero-order valence-electron chi connectivity index (χ0n) is 19.4. The van der Waals surface area contributed by atoms with E-state index in [0.29, 0.717) is 28.2 Å². The van der Waals surface area contributed by atoms with E-state index in [-0.39, 0.29) is 24.6 Å². The van der Waals surface area contributed by atoms with Crippen LogP contribution in [0.4, 0.5) is 0 Å². The first-order chi connectivity index (χ1) is 17.1. The van der Waals surface area contributed by atoms with E-state index >= 15 is 0 Å². The molecular weight excluding hydrogens is 444 g/mol. The Morgan fingerprint density at radius 2 is 1.69 bits per heavy atom. The van der Waals surface area contributed by atoms with Crippen LogP contribution in [0.3, 0.4) is 0 Å². The molecule has 2 aromatic carbocycles. The van der Waals surface area contributed by atoms with Crippen molar-refractivity contribution in [1.29, 1.82) is 0 Å². The maximum Gasteiger partial charge on any atom is 0.280 e. The minimum atomic E-state index is -0.385. The molecule has 0 aliphatic heterocycles. The number of ether oxygens (including phenoxy) is 1. The second-order valence-corrected chi connectivity index (χ2v) is 8.02. The lowest BCUT2D eigenvalue weighted by Gasteiger charge is -2.11. The number of benzene rings is 2. The molecular formula is C26H24N6O3. The van der Waals surface area contributed by atoms with Crippen molar-refractivity contribution < 1.29 is 9.53 Å². The smallest absolute Gasteiger partial charge is 0.280 e. The Morgan fingerprint density at radius 1 is 0.971 bits per heavy atom. The standard InChI is InChI=1S/C26H24N6O3/c1-18-24-23(25(30-14-8-9-15-30)32(29-24)20-11-4-3-5-12-20)26(34)31(28-18)17-22(33)27-16-19-10-6-7-13-21(19)35-2/h3-15H,16-17H2,1-2H3,(H,27,33). The first kappa shape index (κ1) is 22.1.